The predicted molar refractivity (Wildman–Crippen MR) is 139 cm³/mol. The van der Waals surface area contributed by atoms with Crippen molar-refractivity contribution < 1.29 is 17.9 Å². The number of sulfone groups is 1. The van der Waals surface area contributed by atoms with E-state index in [2.05, 4.69) is 23.8 Å². The van der Waals surface area contributed by atoms with E-state index in [1.165, 1.54) is 6.20 Å². The minimum Gasteiger partial charge on any atom is -0.490 e. The molecule has 2 aromatic carbocycles. The highest BCUT2D eigenvalue weighted by molar-refractivity contribution is 7.89. The molecule has 0 amide bonds. The fraction of sp³-hybridized carbons (Fsp3) is 0.360. The smallest absolute Gasteiger partial charge is 0.154 e. The molecule has 0 saturated carbocycles. The maximum atomic E-state index is 11.5. The summed E-state index contributed by atoms with van der Waals surface area (Å²) in [6, 6.07) is 13.4. The van der Waals surface area contributed by atoms with Gasteiger partial charge in [0.1, 0.15) is 36.3 Å². The van der Waals surface area contributed by atoms with Crippen molar-refractivity contribution in [1.29, 1.82) is 0 Å². The summed E-state index contributed by atoms with van der Waals surface area (Å²) in [6.45, 7) is 5.06. The molecule has 0 spiro atoms. The van der Waals surface area contributed by atoms with Crippen LogP contribution < -0.4 is 15.2 Å². The van der Waals surface area contributed by atoms with Gasteiger partial charge in [-0.3, -0.25) is 0 Å². The predicted octanol–water partition coefficient (Wildman–Crippen LogP) is 4.66. The number of nitrogens with zero attached hydrogens (tertiary/aromatic N) is 2. The van der Waals surface area contributed by atoms with E-state index in [0.717, 1.165) is 22.9 Å². The molecule has 3 aromatic rings. The lowest BCUT2D eigenvalue weighted by atomic mass is 9.77. The first kappa shape index (κ1) is 27.2. The van der Waals surface area contributed by atoms with Crippen LogP contribution in [0.5, 0.6) is 11.5 Å². The average Bonchev–Trinajstić information content (AvgIpc) is 2.81. The second-order valence-corrected chi connectivity index (χ2v) is 11.6. The fourth-order valence-corrected chi connectivity index (χ4v) is 4.56. The molecule has 35 heavy (non-hydrogen) atoms. The van der Waals surface area contributed by atoms with E-state index < -0.39 is 9.84 Å². The molecule has 0 saturated heterocycles. The van der Waals surface area contributed by atoms with Crippen LogP contribution in [0.15, 0.2) is 48.7 Å². The van der Waals surface area contributed by atoms with Crippen molar-refractivity contribution in [2.75, 3.05) is 18.7 Å². The molecule has 3 rings (SSSR count). The normalized spacial score (nSPS) is 11.9. The fourth-order valence-electron chi connectivity index (χ4n) is 3.58. The van der Waals surface area contributed by atoms with Gasteiger partial charge in [0, 0.05) is 30.0 Å². The van der Waals surface area contributed by atoms with Gasteiger partial charge in [-0.15, -0.1) is 11.6 Å². The van der Waals surface area contributed by atoms with Gasteiger partial charge in [-0.2, -0.15) is 0 Å². The Morgan fingerprint density at radius 3 is 2.40 bits per heavy atom. The third-order valence-electron chi connectivity index (χ3n) is 5.50. The van der Waals surface area contributed by atoms with Gasteiger partial charge in [-0.05, 0) is 41.5 Å². The van der Waals surface area contributed by atoms with E-state index >= 15 is 0 Å². The molecular weight excluding hydrogens is 509 g/mol. The van der Waals surface area contributed by atoms with Crippen LogP contribution in [0.1, 0.15) is 42.1 Å². The Hall–Kier alpha value is -2.39. The highest BCUT2D eigenvalue weighted by Gasteiger charge is 2.25. The van der Waals surface area contributed by atoms with Gasteiger partial charge >= 0.3 is 0 Å². The Bertz CT molecular complexity index is 1270. The lowest BCUT2D eigenvalue weighted by molar-refractivity contribution is 0.300. The molecule has 1 aromatic heterocycles. The van der Waals surface area contributed by atoms with E-state index in [4.69, 9.17) is 38.4 Å². The third kappa shape index (κ3) is 7.30. The molecule has 0 aliphatic carbocycles. The van der Waals surface area contributed by atoms with Crippen molar-refractivity contribution in [1.82, 2.24) is 9.97 Å². The maximum absolute atomic E-state index is 11.5. The van der Waals surface area contributed by atoms with Gasteiger partial charge in [0.2, 0.25) is 0 Å². The van der Waals surface area contributed by atoms with Crippen LogP contribution in [0, 0.1) is 0 Å². The van der Waals surface area contributed by atoms with Crippen molar-refractivity contribution in [3.05, 3.63) is 81.9 Å². The first-order chi connectivity index (χ1) is 16.5. The molecule has 0 atom stereocenters. The Kier molecular flexibility index (Phi) is 8.99. The van der Waals surface area contributed by atoms with E-state index in [-0.39, 0.29) is 23.6 Å². The summed E-state index contributed by atoms with van der Waals surface area (Å²) >= 11 is 12.3. The Labute approximate surface area is 216 Å². The lowest BCUT2D eigenvalue weighted by Gasteiger charge is -2.28. The van der Waals surface area contributed by atoms with E-state index in [1.54, 1.807) is 6.07 Å². The summed E-state index contributed by atoms with van der Waals surface area (Å²) in [6.07, 6.45) is 2.68. The highest BCUT2D eigenvalue weighted by Crippen LogP contribution is 2.38. The molecule has 0 unspecified atom stereocenters. The Morgan fingerprint density at radius 1 is 1.06 bits per heavy atom. The SMILES string of the molecule is CC(C)(c1ccc(OCc2ccnc(CS(C)(=O)=O)n2)cc1)c1cc(Cl)c(OCCCl)c(CN)c1. The van der Waals surface area contributed by atoms with E-state index in [9.17, 15) is 8.42 Å². The summed E-state index contributed by atoms with van der Waals surface area (Å²) < 4.78 is 34.5. The number of hydrogen-bond acceptors (Lipinski definition) is 7. The number of hydrogen-bond donors (Lipinski definition) is 1. The van der Waals surface area contributed by atoms with Crippen molar-refractivity contribution in [2.24, 2.45) is 5.73 Å². The van der Waals surface area contributed by atoms with Gasteiger partial charge < -0.3 is 15.2 Å². The van der Waals surface area contributed by atoms with Gasteiger partial charge in [0.05, 0.1) is 16.6 Å². The van der Waals surface area contributed by atoms with Crippen molar-refractivity contribution in [3.63, 3.8) is 0 Å². The largest absolute Gasteiger partial charge is 0.490 e. The molecule has 0 aliphatic heterocycles. The van der Waals surface area contributed by atoms with E-state index in [0.29, 0.717) is 41.2 Å². The van der Waals surface area contributed by atoms with Crippen LogP contribution in [-0.4, -0.2) is 37.1 Å². The van der Waals surface area contributed by atoms with Crippen LogP contribution in [0.25, 0.3) is 0 Å². The van der Waals surface area contributed by atoms with Gasteiger partial charge in [-0.1, -0.05) is 37.6 Å². The van der Waals surface area contributed by atoms with Gasteiger partial charge in [-0.25, -0.2) is 18.4 Å². The quantitative estimate of drug-likeness (QED) is 0.354. The average molecular weight is 538 g/mol. The molecule has 10 heteroatoms. The number of aromatic nitrogens is 2. The molecular formula is C25H29Cl2N3O4S. The summed E-state index contributed by atoms with van der Waals surface area (Å²) in [4.78, 5) is 8.27. The monoisotopic (exact) mass is 537 g/mol. The molecule has 0 fully saturated rings. The maximum Gasteiger partial charge on any atom is 0.154 e. The topological polar surface area (TPSA) is 104 Å². The summed E-state index contributed by atoms with van der Waals surface area (Å²) in [7, 11) is -3.21. The van der Waals surface area contributed by atoms with Crippen LogP contribution in [-0.2, 0) is 34.2 Å². The van der Waals surface area contributed by atoms with Crippen molar-refractivity contribution >= 4 is 33.0 Å². The zero-order valence-corrected chi connectivity index (χ0v) is 22.3. The van der Waals surface area contributed by atoms with Gasteiger partial charge in [0.15, 0.2) is 9.84 Å². The molecule has 2 N–H and O–H groups in total. The second-order valence-electron chi connectivity index (χ2n) is 8.66. The minimum atomic E-state index is -3.21. The third-order valence-corrected chi connectivity index (χ3v) is 6.72. The van der Waals surface area contributed by atoms with Crippen LogP contribution in [0.3, 0.4) is 0 Å². The highest BCUT2D eigenvalue weighted by atomic mass is 35.5. The Balaban J connectivity index is 1.74. The number of nitrogens with two attached hydrogens (primary N) is 1. The second kappa shape index (κ2) is 11.6. The molecule has 0 aliphatic rings. The molecule has 1 heterocycles. The first-order valence-corrected chi connectivity index (χ1v) is 13.9. The summed E-state index contributed by atoms with van der Waals surface area (Å²) in [5, 5.41) is 0.501. The van der Waals surface area contributed by atoms with Gasteiger partial charge in [0.25, 0.3) is 0 Å². The molecule has 0 bridgehead atoms. The van der Waals surface area contributed by atoms with Crippen molar-refractivity contribution in [2.45, 2.75) is 38.2 Å². The lowest BCUT2D eigenvalue weighted by Crippen LogP contribution is -2.20. The standard InChI is InChI=1S/C25H29Cl2N3O4S/c1-25(2,19-12-17(14-28)24(22(27)13-19)33-11-9-26)18-4-6-21(7-5-18)34-15-20-8-10-29-23(30-20)16-35(3,31)32/h4-8,10,12-13H,9,11,14-16,28H2,1-3H3. The van der Waals surface area contributed by atoms with E-state index in [1.807, 2.05) is 36.4 Å². The zero-order valence-electron chi connectivity index (χ0n) is 19.9. The number of alkyl halides is 1. The first-order valence-electron chi connectivity index (χ1n) is 11.0. The van der Waals surface area contributed by atoms with Crippen LogP contribution >= 0.6 is 23.2 Å². The zero-order chi connectivity index (χ0) is 25.6. The summed E-state index contributed by atoms with van der Waals surface area (Å²) in [5.74, 6) is 1.64. The number of halogens is 2. The molecule has 7 nitrogen and oxygen atoms in total. The Morgan fingerprint density at radius 2 is 1.77 bits per heavy atom. The van der Waals surface area contributed by atoms with Crippen molar-refractivity contribution in [3.8, 4) is 11.5 Å². The number of benzene rings is 2. The number of rotatable bonds is 11. The number of ether oxygens (including phenoxy) is 2. The molecule has 0 radical (unpaired) electrons. The van der Waals surface area contributed by atoms with Crippen LogP contribution in [0.2, 0.25) is 5.02 Å². The summed E-state index contributed by atoms with van der Waals surface area (Å²) in [5.41, 5.74) is 9.10. The molecule has 188 valence electrons. The van der Waals surface area contributed by atoms with Crippen LogP contribution in [0.4, 0.5) is 0 Å². The minimum absolute atomic E-state index is 0.196.